The van der Waals surface area contributed by atoms with E-state index in [0.29, 0.717) is 10.8 Å². The summed E-state index contributed by atoms with van der Waals surface area (Å²) in [4.78, 5) is 36.1. The molecular formula is C16H17N3O4. The molecule has 23 heavy (non-hydrogen) atoms. The number of fused-ring (bicyclic) bond motifs is 1. The Morgan fingerprint density at radius 3 is 2.70 bits per heavy atom. The molecule has 0 unspecified atom stereocenters. The van der Waals surface area contributed by atoms with Crippen molar-refractivity contribution in [1.29, 1.82) is 0 Å². The highest BCUT2D eigenvalue weighted by Crippen LogP contribution is 2.14. The molecule has 0 fully saturated rings. The van der Waals surface area contributed by atoms with E-state index in [4.69, 9.17) is 4.74 Å². The van der Waals surface area contributed by atoms with Crippen molar-refractivity contribution in [1.82, 2.24) is 15.1 Å². The van der Waals surface area contributed by atoms with Crippen LogP contribution in [0.5, 0.6) is 0 Å². The number of nitrogens with one attached hydrogen (secondary N) is 1. The van der Waals surface area contributed by atoms with Crippen LogP contribution in [0.4, 0.5) is 0 Å². The van der Waals surface area contributed by atoms with Crippen molar-refractivity contribution in [2.24, 2.45) is 7.05 Å². The molecule has 0 saturated carbocycles. The Morgan fingerprint density at radius 2 is 2.04 bits per heavy atom. The van der Waals surface area contributed by atoms with E-state index in [1.807, 2.05) is 0 Å². The van der Waals surface area contributed by atoms with Crippen molar-refractivity contribution >= 4 is 22.6 Å². The fourth-order valence-electron chi connectivity index (χ4n) is 2.04. The van der Waals surface area contributed by atoms with Crippen molar-refractivity contribution in [3.63, 3.8) is 0 Å². The normalized spacial score (nSPS) is 11.7. The molecule has 1 N–H and O–H groups in total. The molecule has 120 valence electrons. The second-order valence-electron chi connectivity index (χ2n) is 4.90. The molecule has 0 aliphatic carbocycles. The van der Waals surface area contributed by atoms with Crippen LogP contribution in [0.2, 0.25) is 0 Å². The Balaban J connectivity index is 2.31. The summed E-state index contributed by atoms with van der Waals surface area (Å²) in [6.07, 6.45) is 0.536. The summed E-state index contributed by atoms with van der Waals surface area (Å²) in [6, 6.07) is 6.61. The van der Waals surface area contributed by atoms with E-state index in [-0.39, 0.29) is 17.8 Å². The van der Waals surface area contributed by atoms with Gasteiger partial charge in [0, 0.05) is 19.0 Å². The molecule has 0 aliphatic rings. The Kier molecular flexibility index (Phi) is 4.90. The zero-order chi connectivity index (χ0) is 17.0. The molecule has 0 radical (unpaired) electrons. The maximum atomic E-state index is 12.3. The third-order valence-corrected chi connectivity index (χ3v) is 3.22. The highest BCUT2D eigenvalue weighted by atomic mass is 16.5. The fourth-order valence-corrected chi connectivity index (χ4v) is 2.04. The summed E-state index contributed by atoms with van der Waals surface area (Å²) in [5.74, 6) is -1.20. The minimum absolute atomic E-state index is 0.00827. The quantitative estimate of drug-likeness (QED) is 0.650. The van der Waals surface area contributed by atoms with Crippen LogP contribution in [-0.4, -0.2) is 34.3 Å². The Bertz CT molecular complexity index is 826. The van der Waals surface area contributed by atoms with Gasteiger partial charge in [0.15, 0.2) is 11.8 Å². The van der Waals surface area contributed by atoms with E-state index in [2.05, 4.69) is 17.0 Å². The molecule has 0 saturated heterocycles. The molecule has 1 aromatic carbocycles. The first-order chi connectivity index (χ1) is 11.0. The average molecular weight is 315 g/mol. The standard InChI is InChI=1S/C16H17N3O4/c1-4-9-17-14(20)10(2)23-16(22)13-11-7-5-6-8-12(11)15(21)19(3)18-13/h4-8,10H,1,9H2,2-3H3,(H,17,20)/t10-/m0/s1. The maximum Gasteiger partial charge on any atom is 0.360 e. The van der Waals surface area contributed by atoms with Crippen molar-refractivity contribution in [3.8, 4) is 0 Å². The van der Waals surface area contributed by atoms with E-state index < -0.39 is 18.0 Å². The van der Waals surface area contributed by atoms with Gasteiger partial charge in [-0.2, -0.15) is 5.10 Å². The largest absolute Gasteiger partial charge is 0.448 e. The lowest BCUT2D eigenvalue weighted by atomic mass is 10.1. The second kappa shape index (κ2) is 6.87. The Morgan fingerprint density at radius 1 is 1.39 bits per heavy atom. The van der Waals surface area contributed by atoms with Crippen LogP contribution in [0.1, 0.15) is 17.4 Å². The minimum atomic E-state index is -0.986. The predicted molar refractivity (Wildman–Crippen MR) is 85.1 cm³/mol. The van der Waals surface area contributed by atoms with E-state index in [1.54, 1.807) is 24.3 Å². The van der Waals surface area contributed by atoms with Crippen LogP contribution in [0.15, 0.2) is 41.7 Å². The number of aromatic nitrogens is 2. The number of esters is 1. The van der Waals surface area contributed by atoms with Crippen molar-refractivity contribution < 1.29 is 14.3 Å². The molecule has 0 spiro atoms. The fraction of sp³-hybridized carbons (Fsp3) is 0.250. The van der Waals surface area contributed by atoms with Gasteiger partial charge in [0.05, 0.1) is 5.39 Å². The second-order valence-corrected chi connectivity index (χ2v) is 4.90. The summed E-state index contributed by atoms with van der Waals surface area (Å²) in [7, 11) is 1.45. The monoisotopic (exact) mass is 315 g/mol. The number of carbonyl (C=O) groups excluding carboxylic acids is 2. The number of benzene rings is 1. The van der Waals surface area contributed by atoms with E-state index in [0.717, 1.165) is 4.68 Å². The molecule has 7 nitrogen and oxygen atoms in total. The lowest BCUT2D eigenvalue weighted by Crippen LogP contribution is -2.36. The molecule has 2 aromatic rings. The number of aryl methyl sites for hydroxylation is 1. The van der Waals surface area contributed by atoms with Gasteiger partial charge >= 0.3 is 5.97 Å². The highest BCUT2D eigenvalue weighted by Gasteiger charge is 2.22. The molecule has 2 rings (SSSR count). The molecule has 0 bridgehead atoms. The van der Waals surface area contributed by atoms with Gasteiger partial charge in [-0.15, -0.1) is 6.58 Å². The third-order valence-electron chi connectivity index (χ3n) is 3.22. The summed E-state index contributed by atoms with van der Waals surface area (Å²) in [6.45, 7) is 5.23. The third kappa shape index (κ3) is 3.45. The van der Waals surface area contributed by atoms with Gasteiger partial charge < -0.3 is 10.1 Å². The molecular weight excluding hydrogens is 298 g/mol. The molecule has 1 atom stereocenters. The zero-order valence-electron chi connectivity index (χ0n) is 12.9. The molecule has 1 heterocycles. The first-order valence-corrected chi connectivity index (χ1v) is 7.01. The van der Waals surface area contributed by atoms with Crippen LogP contribution in [0.25, 0.3) is 10.8 Å². The summed E-state index contributed by atoms with van der Waals surface area (Å²) in [5.41, 5.74) is -0.319. The molecule has 1 aromatic heterocycles. The zero-order valence-corrected chi connectivity index (χ0v) is 12.9. The van der Waals surface area contributed by atoms with Crippen LogP contribution in [-0.2, 0) is 16.6 Å². The summed E-state index contributed by atoms with van der Waals surface area (Å²) >= 11 is 0. The maximum absolute atomic E-state index is 12.3. The Hall–Kier alpha value is -2.96. The minimum Gasteiger partial charge on any atom is -0.448 e. The van der Waals surface area contributed by atoms with Crippen molar-refractivity contribution in [2.75, 3.05) is 6.54 Å². The van der Waals surface area contributed by atoms with Crippen LogP contribution in [0, 0.1) is 0 Å². The molecule has 7 heteroatoms. The van der Waals surface area contributed by atoms with E-state index in [1.165, 1.54) is 20.0 Å². The van der Waals surface area contributed by atoms with Gasteiger partial charge in [-0.3, -0.25) is 9.59 Å². The van der Waals surface area contributed by atoms with Gasteiger partial charge in [0.1, 0.15) is 0 Å². The Labute approximate surface area is 132 Å². The highest BCUT2D eigenvalue weighted by molar-refractivity contribution is 6.02. The van der Waals surface area contributed by atoms with Gasteiger partial charge in [-0.05, 0) is 13.0 Å². The van der Waals surface area contributed by atoms with Gasteiger partial charge in [-0.1, -0.05) is 24.3 Å². The molecule has 1 amide bonds. The van der Waals surface area contributed by atoms with Crippen molar-refractivity contribution in [3.05, 3.63) is 53.0 Å². The number of rotatable bonds is 5. The molecule has 0 aliphatic heterocycles. The van der Waals surface area contributed by atoms with Gasteiger partial charge in [0.2, 0.25) is 0 Å². The van der Waals surface area contributed by atoms with Crippen LogP contribution < -0.4 is 10.9 Å². The van der Waals surface area contributed by atoms with Crippen LogP contribution >= 0.6 is 0 Å². The van der Waals surface area contributed by atoms with Gasteiger partial charge in [-0.25, -0.2) is 9.48 Å². The number of amides is 1. The van der Waals surface area contributed by atoms with Gasteiger partial charge in [0.25, 0.3) is 11.5 Å². The predicted octanol–water partition coefficient (Wildman–Crippen LogP) is 0.781. The average Bonchev–Trinajstić information content (AvgIpc) is 2.55. The first kappa shape index (κ1) is 16.4. The first-order valence-electron chi connectivity index (χ1n) is 7.01. The number of ether oxygens (including phenoxy) is 1. The number of carbonyl (C=O) groups is 2. The summed E-state index contributed by atoms with van der Waals surface area (Å²) in [5, 5.41) is 7.24. The number of nitrogens with zero attached hydrogens (tertiary/aromatic N) is 2. The smallest absolute Gasteiger partial charge is 0.360 e. The number of hydrogen-bond acceptors (Lipinski definition) is 5. The topological polar surface area (TPSA) is 90.3 Å². The summed E-state index contributed by atoms with van der Waals surface area (Å²) < 4.78 is 6.21. The van der Waals surface area contributed by atoms with E-state index in [9.17, 15) is 14.4 Å². The van der Waals surface area contributed by atoms with Crippen molar-refractivity contribution in [2.45, 2.75) is 13.0 Å². The lowest BCUT2D eigenvalue weighted by molar-refractivity contribution is -0.128. The number of hydrogen-bond donors (Lipinski definition) is 1. The SMILES string of the molecule is C=CCNC(=O)[C@H](C)OC(=O)c1nn(C)c(=O)c2ccccc12. The van der Waals surface area contributed by atoms with E-state index >= 15 is 0 Å². The van der Waals surface area contributed by atoms with Crippen LogP contribution in [0.3, 0.4) is 0 Å². The lowest BCUT2D eigenvalue weighted by Gasteiger charge is -2.13.